The predicted molar refractivity (Wildman–Crippen MR) is 72.5 cm³/mol. The van der Waals surface area contributed by atoms with Gasteiger partial charge in [0.05, 0.1) is 12.3 Å². The number of nitrogens with zero attached hydrogens (tertiary/aromatic N) is 2. The molecule has 1 aromatic carbocycles. The van der Waals surface area contributed by atoms with Gasteiger partial charge in [-0.1, -0.05) is 0 Å². The smallest absolute Gasteiger partial charge is 0.132 e. The molecule has 18 heavy (non-hydrogen) atoms. The van der Waals surface area contributed by atoms with E-state index in [9.17, 15) is 0 Å². The Labute approximate surface area is 110 Å². The van der Waals surface area contributed by atoms with Crippen LogP contribution in [0.4, 0.5) is 10.7 Å². The molecule has 1 heterocycles. The summed E-state index contributed by atoms with van der Waals surface area (Å²) in [6, 6.07) is 9.78. The molecule has 0 aliphatic carbocycles. The monoisotopic (exact) mass is 259 g/mol. The van der Waals surface area contributed by atoms with E-state index in [2.05, 4.69) is 15.8 Å². The van der Waals surface area contributed by atoms with Gasteiger partial charge in [0.1, 0.15) is 22.4 Å². The molecule has 0 radical (unpaired) electrons. The molecule has 0 amide bonds. The number of benzene rings is 1. The number of nitriles is 1. The highest BCUT2D eigenvalue weighted by Crippen LogP contribution is 2.27. The number of ether oxygens (including phenoxy) is 1. The van der Waals surface area contributed by atoms with E-state index in [1.807, 2.05) is 38.1 Å². The summed E-state index contributed by atoms with van der Waals surface area (Å²) < 4.78 is 9.53. The molecule has 92 valence electrons. The molecular formula is C13H13N3OS. The maximum atomic E-state index is 9.04. The summed E-state index contributed by atoms with van der Waals surface area (Å²) in [6.07, 6.45) is 0. The van der Waals surface area contributed by atoms with E-state index in [-0.39, 0.29) is 0 Å². The van der Waals surface area contributed by atoms with E-state index in [0.717, 1.165) is 22.1 Å². The van der Waals surface area contributed by atoms with E-state index in [1.165, 1.54) is 11.5 Å². The van der Waals surface area contributed by atoms with E-state index in [0.29, 0.717) is 12.2 Å². The van der Waals surface area contributed by atoms with Crippen LogP contribution in [0.1, 0.15) is 18.2 Å². The molecule has 0 fully saturated rings. The minimum absolute atomic E-state index is 0.605. The van der Waals surface area contributed by atoms with Crippen molar-refractivity contribution in [1.82, 2.24) is 4.37 Å². The van der Waals surface area contributed by atoms with Crippen LogP contribution in [0, 0.1) is 18.3 Å². The molecule has 0 saturated heterocycles. The largest absolute Gasteiger partial charge is 0.494 e. The maximum Gasteiger partial charge on any atom is 0.132 e. The van der Waals surface area contributed by atoms with Gasteiger partial charge in [0.15, 0.2) is 0 Å². The zero-order valence-corrected chi connectivity index (χ0v) is 11.0. The van der Waals surface area contributed by atoms with E-state index < -0.39 is 0 Å². The summed E-state index contributed by atoms with van der Waals surface area (Å²) in [5, 5.41) is 13.0. The van der Waals surface area contributed by atoms with Crippen molar-refractivity contribution in [3.05, 3.63) is 35.5 Å². The second kappa shape index (κ2) is 5.52. The molecule has 0 unspecified atom stereocenters. The van der Waals surface area contributed by atoms with Gasteiger partial charge < -0.3 is 10.1 Å². The number of nitrogens with one attached hydrogen (secondary N) is 1. The average Bonchev–Trinajstić information content (AvgIpc) is 2.72. The Morgan fingerprint density at radius 3 is 2.72 bits per heavy atom. The molecule has 5 heteroatoms. The van der Waals surface area contributed by atoms with Gasteiger partial charge in [-0.05, 0) is 49.6 Å². The average molecular weight is 259 g/mol. The topological polar surface area (TPSA) is 57.9 Å². The van der Waals surface area contributed by atoms with Crippen LogP contribution in [0.3, 0.4) is 0 Å². The third kappa shape index (κ3) is 2.60. The summed E-state index contributed by atoms with van der Waals surface area (Å²) in [5.74, 6) is 0.837. The minimum atomic E-state index is 0.605. The lowest BCUT2D eigenvalue weighted by atomic mass is 10.2. The number of aromatic nitrogens is 1. The molecule has 4 nitrogen and oxygen atoms in total. The first-order chi connectivity index (χ1) is 8.74. The van der Waals surface area contributed by atoms with E-state index in [4.69, 9.17) is 10.00 Å². The Kier molecular flexibility index (Phi) is 3.80. The molecule has 2 rings (SSSR count). The number of hydrogen-bond donors (Lipinski definition) is 1. The highest BCUT2D eigenvalue weighted by molar-refractivity contribution is 7.10. The first-order valence-corrected chi connectivity index (χ1v) is 6.38. The van der Waals surface area contributed by atoms with Crippen molar-refractivity contribution in [1.29, 1.82) is 5.26 Å². The van der Waals surface area contributed by atoms with Crippen LogP contribution in [0.25, 0.3) is 0 Å². The Morgan fingerprint density at radius 1 is 1.39 bits per heavy atom. The Bertz CT molecular complexity index is 569. The lowest BCUT2D eigenvalue weighted by Gasteiger charge is -2.06. The highest BCUT2D eigenvalue weighted by atomic mass is 32.1. The first kappa shape index (κ1) is 12.4. The fourth-order valence-corrected chi connectivity index (χ4v) is 2.29. The highest BCUT2D eigenvalue weighted by Gasteiger charge is 2.09. The van der Waals surface area contributed by atoms with Gasteiger partial charge in [0.2, 0.25) is 0 Å². The zero-order chi connectivity index (χ0) is 13.0. The molecule has 0 atom stereocenters. The van der Waals surface area contributed by atoms with Crippen LogP contribution >= 0.6 is 11.5 Å². The lowest BCUT2D eigenvalue weighted by molar-refractivity contribution is 0.340. The van der Waals surface area contributed by atoms with Gasteiger partial charge in [-0.2, -0.15) is 9.64 Å². The summed E-state index contributed by atoms with van der Waals surface area (Å²) in [5.41, 5.74) is 2.28. The maximum absolute atomic E-state index is 9.04. The van der Waals surface area contributed by atoms with Gasteiger partial charge in [-0.15, -0.1) is 0 Å². The SMILES string of the molecule is CCOc1ccc(Nc2snc(C)c2C#N)cc1. The molecule has 2 aromatic rings. The van der Waals surface area contributed by atoms with Crippen molar-refractivity contribution in [3.63, 3.8) is 0 Å². The number of rotatable bonds is 4. The Morgan fingerprint density at radius 2 is 2.11 bits per heavy atom. The standard InChI is InChI=1S/C13H13N3OS/c1-3-17-11-6-4-10(5-7-11)15-13-12(8-14)9(2)16-18-13/h4-7,15H,3H2,1-2H3. The molecule has 0 bridgehead atoms. The number of hydrogen-bond acceptors (Lipinski definition) is 5. The quantitative estimate of drug-likeness (QED) is 0.913. The predicted octanol–water partition coefficient (Wildman–Crippen LogP) is 3.47. The molecule has 1 aromatic heterocycles. The van der Waals surface area contributed by atoms with Gasteiger partial charge in [-0.3, -0.25) is 0 Å². The second-order valence-electron chi connectivity index (χ2n) is 3.67. The number of aryl methyl sites for hydroxylation is 1. The van der Waals surface area contributed by atoms with Crippen LogP contribution < -0.4 is 10.1 Å². The van der Waals surface area contributed by atoms with Crippen LogP contribution in [-0.2, 0) is 0 Å². The zero-order valence-electron chi connectivity index (χ0n) is 10.2. The fourth-order valence-electron chi connectivity index (χ4n) is 1.52. The van der Waals surface area contributed by atoms with Crippen molar-refractivity contribution in [3.8, 4) is 11.8 Å². The molecule has 0 aliphatic heterocycles. The van der Waals surface area contributed by atoms with Crippen molar-refractivity contribution < 1.29 is 4.74 Å². The van der Waals surface area contributed by atoms with Crippen LogP contribution in [0.5, 0.6) is 5.75 Å². The van der Waals surface area contributed by atoms with Crippen molar-refractivity contribution >= 4 is 22.2 Å². The molecule has 1 N–H and O–H groups in total. The number of anilines is 2. The normalized spacial score (nSPS) is 9.83. The van der Waals surface area contributed by atoms with Crippen molar-refractivity contribution in [2.75, 3.05) is 11.9 Å². The van der Waals surface area contributed by atoms with Crippen LogP contribution in [0.2, 0.25) is 0 Å². The van der Waals surface area contributed by atoms with Gasteiger partial charge in [-0.25, -0.2) is 0 Å². The van der Waals surface area contributed by atoms with Crippen LogP contribution in [0.15, 0.2) is 24.3 Å². The van der Waals surface area contributed by atoms with E-state index in [1.54, 1.807) is 0 Å². The Balaban J connectivity index is 2.16. The van der Waals surface area contributed by atoms with Gasteiger partial charge >= 0.3 is 0 Å². The third-order valence-electron chi connectivity index (χ3n) is 2.40. The molecule has 0 saturated carbocycles. The molecule has 0 spiro atoms. The summed E-state index contributed by atoms with van der Waals surface area (Å²) in [4.78, 5) is 0. The summed E-state index contributed by atoms with van der Waals surface area (Å²) in [6.45, 7) is 4.43. The third-order valence-corrected chi connectivity index (χ3v) is 3.25. The molecule has 0 aliphatic rings. The van der Waals surface area contributed by atoms with Crippen molar-refractivity contribution in [2.45, 2.75) is 13.8 Å². The van der Waals surface area contributed by atoms with E-state index >= 15 is 0 Å². The fraction of sp³-hybridized carbons (Fsp3) is 0.231. The molecular weight excluding hydrogens is 246 g/mol. The Hall–Kier alpha value is -2.06. The van der Waals surface area contributed by atoms with Crippen molar-refractivity contribution in [2.24, 2.45) is 0 Å². The lowest BCUT2D eigenvalue weighted by Crippen LogP contribution is -1.93. The van der Waals surface area contributed by atoms with Gasteiger partial charge in [0.25, 0.3) is 0 Å². The second-order valence-corrected chi connectivity index (χ2v) is 4.44. The van der Waals surface area contributed by atoms with Crippen LogP contribution in [-0.4, -0.2) is 11.0 Å². The minimum Gasteiger partial charge on any atom is -0.494 e. The summed E-state index contributed by atoms with van der Waals surface area (Å²) >= 11 is 1.30. The first-order valence-electron chi connectivity index (χ1n) is 5.61. The summed E-state index contributed by atoms with van der Waals surface area (Å²) in [7, 11) is 0. The van der Waals surface area contributed by atoms with Gasteiger partial charge in [0, 0.05) is 5.69 Å².